The number of benzene rings is 1. The molecule has 1 heterocycles. The van der Waals surface area contributed by atoms with Gasteiger partial charge in [-0.15, -0.1) is 0 Å². The van der Waals surface area contributed by atoms with Crippen LogP contribution in [0.1, 0.15) is 25.3 Å². The van der Waals surface area contributed by atoms with Gasteiger partial charge in [-0.3, -0.25) is 9.48 Å². The van der Waals surface area contributed by atoms with Crippen LogP contribution in [0.3, 0.4) is 0 Å². The van der Waals surface area contributed by atoms with Crippen molar-refractivity contribution in [3.8, 4) is 5.75 Å². The number of carbonyl (C=O) groups is 1. The van der Waals surface area contributed by atoms with E-state index in [1.54, 1.807) is 18.0 Å². The van der Waals surface area contributed by atoms with Gasteiger partial charge in [-0.25, -0.2) is 0 Å². The van der Waals surface area contributed by atoms with Gasteiger partial charge in [-0.1, -0.05) is 0 Å². The number of amides is 1. The standard InChI is InChI=1S/C18H23N3O2/c1-13(15-4-5-15)21(16-6-8-17(23-3)9-7-16)18(22)10-14-11-19-20(2)12-14/h6-9,11-13,15H,4-5,10H2,1-3H3/t13-/m1/s1. The third kappa shape index (κ3) is 3.55. The third-order valence-electron chi connectivity index (χ3n) is 4.44. The average Bonchev–Trinajstić information content (AvgIpc) is 3.32. The quantitative estimate of drug-likeness (QED) is 0.824. The molecule has 0 radical (unpaired) electrons. The monoisotopic (exact) mass is 313 g/mol. The summed E-state index contributed by atoms with van der Waals surface area (Å²) in [5, 5.41) is 4.15. The Kier molecular flexibility index (Phi) is 4.37. The van der Waals surface area contributed by atoms with E-state index in [4.69, 9.17) is 4.74 Å². The fraction of sp³-hybridized carbons (Fsp3) is 0.444. The van der Waals surface area contributed by atoms with Crippen LogP contribution in [0.25, 0.3) is 0 Å². The summed E-state index contributed by atoms with van der Waals surface area (Å²) >= 11 is 0. The molecule has 23 heavy (non-hydrogen) atoms. The highest BCUT2D eigenvalue weighted by Crippen LogP contribution is 2.37. The molecular weight excluding hydrogens is 290 g/mol. The van der Waals surface area contributed by atoms with Crippen LogP contribution in [0.5, 0.6) is 5.75 Å². The zero-order valence-corrected chi connectivity index (χ0v) is 13.9. The molecule has 0 aliphatic heterocycles. The molecule has 5 heteroatoms. The lowest BCUT2D eigenvalue weighted by molar-refractivity contribution is -0.118. The van der Waals surface area contributed by atoms with Crippen molar-refractivity contribution in [1.82, 2.24) is 9.78 Å². The fourth-order valence-electron chi connectivity index (χ4n) is 2.96. The molecular formula is C18H23N3O2. The summed E-state index contributed by atoms with van der Waals surface area (Å²) in [5.41, 5.74) is 1.87. The van der Waals surface area contributed by atoms with Gasteiger partial charge in [0.25, 0.3) is 0 Å². The number of carbonyl (C=O) groups excluding carboxylic acids is 1. The number of ether oxygens (including phenoxy) is 1. The van der Waals surface area contributed by atoms with Crippen molar-refractivity contribution in [2.45, 2.75) is 32.2 Å². The van der Waals surface area contributed by atoms with Gasteiger partial charge in [0.2, 0.25) is 5.91 Å². The average molecular weight is 313 g/mol. The lowest BCUT2D eigenvalue weighted by Gasteiger charge is -2.29. The first-order valence-corrected chi connectivity index (χ1v) is 8.02. The normalized spacial score (nSPS) is 15.3. The summed E-state index contributed by atoms with van der Waals surface area (Å²) < 4.78 is 6.94. The van der Waals surface area contributed by atoms with Gasteiger partial charge in [0.1, 0.15) is 5.75 Å². The summed E-state index contributed by atoms with van der Waals surface area (Å²) in [5.74, 6) is 1.52. The van der Waals surface area contributed by atoms with Gasteiger partial charge in [0.05, 0.1) is 19.7 Å². The van der Waals surface area contributed by atoms with Gasteiger partial charge in [0, 0.05) is 25.0 Å². The van der Waals surface area contributed by atoms with Gasteiger partial charge >= 0.3 is 0 Å². The molecule has 1 saturated carbocycles. The van der Waals surface area contributed by atoms with Gasteiger partial charge < -0.3 is 9.64 Å². The van der Waals surface area contributed by atoms with Crippen molar-refractivity contribution in [2.24, 2.45) is 13.0 Å². The summed E-state index contributed by atoms with van der Waals surface area (Å²) in [4.78, 5) is 14.8. The predicted octanol–water partition coefficient (Wildman–Crippen LogP) is 2.80. The maximum atomic E-state index is 12.9. The Hall–Kier alpha value is -2.30. The van der Waals surface area contributed by atoms with E-state index in [0.29, 0.717) is 12.3 Å². The van der Waals surface area contributed by atoms with E-state index in [0.717, 1.165) is 17.0 Å². The second-order valence-electron chi connectivity index (χ2n) is 6.24. The Labute approximate surface area is 136 Å². The molecule has 3 rings (SSSR count). The molecule has 122 valence electrons. The number of aromatic nitrogens is 2. The number of anilines is 1. The molecule has 1 aliphatic rings. The first kappa shape index (κ1) is 15.6. The highest BCUT2D eigenvalue weighted by atomic mass is 16.5. The summed E-state index contributed by atoms with van der Waals surface area (Å²) in [6.07, 6.45) is 6.43. The molecule has 1 amide bonds. The maximum Gasteiger partial charge on any atom is 0.231 e. The second kappa shape index (κ2) is 6.44. The second-order valence-corrected chi connectivity index (χ2v) is 6.24. The number of hydrogen-bond donors (Lipinski definition) is 0. The first-order chi connectivity index (χ1) is 11.1. The smallest absolute Gasteiger partial charge is 0.231 e. The molecule has 0 N–H and O–H groups in total. The Morgan fingerprint density at radius 1 is 1.39 bits per heavy atom. The minimum Gasteiger partial charge on any atom is -0.497 e. The van der Waals surface area contributed by atoms with Crippen LogP contribution in [0.2, 0.25) is 0 Å². The lowest BCUT2D eigenvalue weighted by Crippen LogP contribution is -2.41. The molecule has 0 bridgehead atoms. The van der Waals surface area contributed by atoms with E-state index >= 15 is 0 Å². The number of nitrogens with zero attached hydrogens (tertiary/aromatic N) is 3. The van der Waals surface area contributed by atoms with Crippen molar-refractivity contribution in [3.05, 3.63) is 42.2 Å². The Balaban J connectivity index is 1.83. The lowest BCUT2D eigenvalue weighted by atomic mass is 10.1. The molecule has 1 fully saturated rings. The molecule has 1 aliphatic carbocycles. The SMILES string of the molecule is COc1ccc(N(C(=O)Cc2cnn(C)c2)[C@H](C)C2CC2)cc1. The molecule has 1 atom stereocenters. The van der Waals surface area contributed by atoms with Crippen molar-refractivity contribution in [2.75, 3.05) is 12.0 Å². The van der Waals surface area contributed by atoms with Crippen LogP contribution in [0.4, 0.5) is 5.69 Å². The molecule has 1 aromatic carbocycles. The van der Waals surface area contributed by atoms with Gasteiger partial charge in [-0.2, -0.15) is 5.10 Å². The van der Waals surface area contributed by atoms with Crippen LogP contribution in [-0.2, 0) is 18.3 Å². The third-order valence-corrected chi connectivity index (χ3v) is 4.44. The van der Waals surface area contributed by atoms with Crippen LogP contribution < -0.4 is 9.64 Å². The minimum atomic E-state index is 0.113. The van der Waals surface area contributed by atoms with Gasteiger partial charge in [0.15, 0.2) is 0 Å². The van der Waals surface area contributed by atoms with Crippen LogP contribution in [0, 0.1) is 5.92 Å². The number of aryl methyl sites for hydroxylation is 1. The van der Waals surface area contributed by atoms with E-state index in [2.05, 4.69) is 12.0 Å². The Morgan fingerprint density at radius 3 is 2.61 bits per heavy atom. The van der Waals surface area contributed by atoms with E-state index in [-0.39, 0.29) is 11.9 Å². The van der Waals surface area contributed by atoms with Gasteiger partial charge in [-0.05, 0) is 55.5 Å². The number of hydrogen-bond acceptors (Lipinski definition) is 3. The Morgan fingerprint density at radius 2 is 2.09 bits per heavy atom. The molecule has 0 unspecified atom stereocenters. The zero-order chi connectivity index (χ0) is 16.4. The topological polar surface area (TPSA) is 47.4 Å². The van der Waals surface area contributed by atoms with Crippen molar-refractivity contribution >= 4 is 11.6 Å². The van der Waals surface area contributed by atoms with E-state index in [1.165, 1.54) is 12.8 Å². The van der Waals surface area contributed by atoms with Crippen molar-refractivity contribution in [3.63, 3.8) is 0 Å². The van der Waals surface area contributed by atoms with Crippen LogP contribution in [0.15, 0.2) is 36.7 Å². The van der Waals surface area contributed by atoms with E-state index in [9.17, 15) is 4.79 Å². The van der Waals surface area contributed by atoms with Crippen molar-refractivity contribution < 1.29 is 9.53 Å². The molecule has 1 aromatic heterocycles. The highest BCUT2D eigenvalue weighted by Gasteiger charge is 2.35. The minimum absolute atomic E-state index is 0.113. The summed E-state index contributed by atoms with van der Waals surface area (Å²) in [6.45, 7) is 2.14. The maximum absolute atomic E-state index is 12.9. The van der Waals surface area contributed by atoms with E-state index in [1.807, 2.05) is 42.4 Å². The predicted molar refractivity (Wildman–Crippen MR) is 89.6 cm³/mol. The Bertz CT molecular complexity index is 674. The summed E-state index contributed by atoms with van der Waals surface area (Å²) in [7, 11) is 3.51. The molecule has 0 spiro atoms. The number of methoxy groups -OCH3 is 1. The van der Waals surface area contributed by atoms with Crippen LogP contribution >= 0.6 is 0 Å². The zero-order valence-electron chi connectivity index (χ0n) is 13.9. The first-order valence-electron chi connectivity index (χ1n) is 8.02. The summed E-state index contributed by atoms with van der Waals surface area (Å²) in [6, 6.07) is 7.93. The number of rotatable bonds is 6. The molecule has 0 saturated heterocycles. The van der Waals surface area contributed by atoms with Crippen molar-refractivity contribution in [1.29, 1.82) is 0 Å². The molecule has 5 nitrogen and oxygen atoms in total. The van der Waals surface area contributed by atoms with Crippen LogP contribution in [-0.4, -0.2) is 28.8 Å². The highest BCUT2D eigenvalue weighted by molar-refractivity contribution is 5.95. The van der Waals surface area contributed by atoms with E-state index < -0.39 is 0 Å². The molecule has 2 aromatic rings. The fourth-order valence-corrected chi connectivity index (χ4v) is 2.96. The largest absolute Gasteiger partial charge is 0.497 e.